The first-order chi connectivity index (χ1) is 9.29. The Bertz CT molecular complexity index is 771. The normalized spacial score (nSPS) is 11.4. The van der Waals surface area contributed by atoms with E-state index in [-0.39, 0.29) is 20.2 Å². The molecule has 106 valence electrons. The molecule has 20 heavy (non-hydrogen) atoms. The summed E-state index contributed by atoms with van der Waals surface area (Å²) in [4.78, 5) is 3.58. The first kappa shape index (κ1) is 15.7. The Kier molecular flexibility index (Phi) is 4.68. The molecule has 0 atom stereocenters. The van der Waals surface area contributed by atoms with Crippen LogP contribution in [0.5, 0.6) is 0 Å². The van der Waals surface area contributed by atoms with Gasteiger partial charge in [0.15, 0.2) is 0 Å². The Balaban J connectivity index is 2.40. The van der Waals surface area contributed by atoms with E-state index >= 15 is 0 Å². The van der Waals surface area contributed by atoms with Crippen molar-refractivity contribution in [3.63, 3.8) is 0 Å². The monoisotopic (exact) mass is 442 g/mol. The molecule has 2 aromatic rings. The van der Waals surface area contributed by atoms with Crippen molar-refractivity contribution in [1.82, 2.24) is 4.98 Å². The van der Waals surface area contributed by atoms with Crippen molar-refractivity contribution in [3.05, 3.63) is 50.4 Å². The summed E-state index contributed by atoms with van der Waals surface area (Å²) < 4.78 is 40.4. The summed E-state index contributed by atoms with van der Waals surface area (Å²) in [7, 11) is -3.91. The first-order valence-electron chi connectivity index (χ1n) is 5.08. The number of hydrogen-bond acceptors (Lipinski definition) is 3. The van der Waals surface area contributed by atoms with Gasteiger partial charge in [0.2, 0.25) is 0 Å². The van der Waals surface area contributed by atoms with Gasteiger partial charge in [-0.25, -0.2) is 17.8 Å². The van der Waals surface area contributed by atoms with Crippen molar-refractivity contribution < 1.29 is 12.8 Å². The number of hydrogen-bond donors (Lipinski definition) is 1. The van der Waals surface area contributed by atoms with E-state index < -0.39 is 15.8 Å². The molecule has 1 aromatic heterocycles. The molecule has 4 nitrogen and oxygen atoms in total. The lowest BCUT2D eigenvalue weighted by Gasteiger charge is -2.09. The maximum Gasteiger partial charge on any atom is 0.265 e. The highest BCUT2D eigenvalue weighted by molar-refractivity contribution is 9.10. The summed E-state index contributed by atoms with van der Waals surface area (Å²) in [5, 5.41) is -0.151. The molecule has 1 heterocycles. The molecule has 0 saturated carbocycles. The molecule has 9 heteroatoms. The Hall–Kier alpha value is -0.700. The molecule has 0 fully saturated rings. The third-order valence-electron chi connectivity index (χ3n) is 2.23. The van der Waals surface area contributed by atoms with Gasteiger partial charge in [-0.2, -0.15) is 0 Å². The number of pyridine rings is 1. The number of rotatable bonds is 3. The Morgan fingerprint density at radius 1 is 1.25 bits per heavy atom. The van der Waals surface area contributed by atoms with E-state index in [0.717, 1.165) is 6.07 Å². The van der Waals surface area contributed by atoms with E-state index in [1.165, 1.54) is 24.4 Å². The van der Waals surface area contributed by atoms with Gasteiger partial charge in [-0.1, -0.05) is 11.6 Å². The predicted molar refractivity (Wildman–Crippen MR) is 81.9 cm³/mol. The lowest BCUT2D eigenvalue weighted by atomic mass is 10.3. The molecule has 0 bridgehead atoms. The molecule has 1 N–H and O–H groups in total. The molecule has 0 aliphatic heterocycles. The molecule has 0 aliphatic rings. The van der Waals surface area contributed by atoms with Crippen LogP contribution in [0.15, 0.2) is 44.3 Å². The van der Waals surface area contributed by atoms with E-state index in [1.54, 1.807) is 0 Å². The smallest absolute Gasteiger partial charge is 0.265 e. The molecule has 0 amide bonds. The van der Waals surface area contributed by atoms with Gasteiger partial charge in [-0.3, -0.25) is 4.72 Å². The van der Waals surface area contributed by atoms with E-state index in [0.29, 0.717) is 4.47 Å². The zero-order valence-corrected chi connectivity index (χ0v) is 14.3. The van der Waals surface area contributed by atoms with Gasteiger partial charge in [0.05, 0.1) is 10.2 Å². The topological polar surface area (TPSA) is 59.1 Å². The number of halogens is 4. The van der Waals surface area contributed by atoms with Crippen LogP contribution >= 0.6 is 43.5 Å². The fourth-order valence-corrected chi connectivity index (χ4v) is 3.74. The van der Waals surface area contributed by atoms with Crippen molar-refractivity contribution >= 4 is 59.2 Å². The summed E-state index contributed by atoms with van der Waals surface area (Å²) in [5.74, 6) is -0.491. The van der Waals surface area contributed by atoms with Gasteiger partial charge in [0, 0.05) is 10.7 Å². The predicted octanol–water partition coefficient (Wildman–Crippen LogP) is 4.20. The van der Waals surface area contributed by atoms with Gasteiger partial charge in [-0.05, 0) is 56.1 Å². The summed E-state index contributed by atoms with van der Waals surface area (Å²) in [5.41, 5.74) is 0.203. The fourth-order valence-electron chi connectivity index (χ4n) is 1.36. The van der Waals surface area contributed by atoms with Gasteiger partial charge in [0.25, 0.3) is 10.0 Å². The lowest BCUT2D eigenvalue weighted by molar-refractivity contribution is 0.600. The van der Waals surface area contributed by atoms with Crippen LogP contribution in [0.25, 0.3) is 0 Å². The van der Waals surface area contributed by atoms with Crippen LogP contribution in [0.3, 0.4) is 0 Å². The van der Waals surface area contributed by atoms with Crippen LogP contribution in [0.4, 0.5) is 10.1 Å². The number of sulfonamides is 1. The maximum absolute atomic E-state index is 13.1. The third-order valence-corrected chi connectivity index (χ3v) is 5.08. The highest BCUT2D eigenvalue weighted by atomic mass is 79.9. The second-order valence-electron chi connectivity index (χ2n) is 3.68. The van der Waals surface area contributed by atoms with E-state index in [2.05, 4.69) is 41.6 Å². The number of benzene rings is 1. The van der Waals surface area contributed by atoms with Crippen LogP contribution in [0.1, 0.15) is 0 Å². The van der Waals surface area contributed by atoms with Gasteiger partial charge in [-0.15, -0.1) is 0 Å². The van der Waals surface area contributed by atoms with Crippen molar-refractivity contribution in [2.75, 3.05) is 4.72 Å². The summed E-state index contributed by atoms with van der Waals surface area (Å²) in [6.07, 6.45) is 1.38. The quantitative estimate of drug-likeness (QED) is 0.722. The van der Waals surface area contributed by atoms with Crippen LogP contribution in [-0.2, 0) is 10.0 Å². The summed E-state index contributed by atoms with van der Waals surface area (Å²) in [6, 6.07) is 5.09. The van der Waals surface area contributed by atoms with Gasteiger partial charge < -0.3 is 0 Å². The van der Waals surface area contributed by atoms with Gasteiger partial charge in [0.1, 0.15) is 15.9 Å². The molecule has 0 spiro atoms. The fraction of sp³-hybridized carbons (Fsp3) is 0. The van der Waals surface area contributed by atoms with E-state index in [1.807, 2.05) is 0 Å². The van der Waals surface area contributed by atoms with Crippen molar-refractivity contribution in [1.29, 1.82) is 0 Å². The largest absolute Gasteiger partial charge is 0.279 e. The number of anilines is 1. The van der Waals surface area contributed by atoms with Crippen LogP contribution in [-0.4, -0.2) is 13.4 Å². The minimum atomic E-state index is -3.91. The average molecular weight is 445 g/mol. The van der Waals surface area contributed by atoms with Crippen molar-refractivity contribution in [3.8, 4) is 0 Å². The second kappa shape index (κ2) is 5.97. The molecule has 0 saturated heterocycles. The van der Waals surface area contributed by atoms with Crippen LogP contribution in [0.2, 0.25) is 5.15 Å². The molecule has 2 rings (SSSR count). The lowest BCUT2D eigenvalue weighted by Crippen LogP contribution is -2.14. The average Bonchev–Trinajstić information content (AvgIpc) is 2.36. The molecular weight excluding hydrogens is 438 g/mol. The minimum absolute atomic E-state index is 0.149. The summed E-state index contributed by atoms with van der Waals surface area (Å²) >= 11 is 11.9. The standard InChI is InChI=1S/C11H6Br2ClFN2O2S/c12-6-3-10(11(14)16-5-6)20(18,19)17-7-1-2-9(15)8(13)4-7/h1-5,17H. The number of nitrogens with zero attached hydrogens (tertiary/aromatic N) is 1. The molecule has 1 aromatic carbocycles. The Morgan fingerprint density at radius 2 is 1.95 bits per heavy atom. The zero-order valence-electron chi connectivity index (χ0n) is 9.57. The van der Waals surface area contributed by atoms with Crippen molar-refractivity contribution in [2.24, 2.45) is 0 Å². The molecular formula is C11H6Br2ClFN2O2S. The van der Waals surface area contributed by atoms with Gasteiger partial charge >= 0.3 is 0 Å². The SMILES string of the molecule is O=S(=O)(Nc1ccc(F)c(Br)c1)c1cc(Br)cnc1Cl. The minimum Gasteiger partial charge on any atom is -0.279 e. The highest BCUT2D eigenvalue weighted by Gasteiger charge is 2.20. The Labute approximate surface area is 136 Å². The number of aromatic nitrogens is 1. The maximum atomic E-state index is 13.1. The Morgan fingerprint density at radius 3 is 2.60 bits per heavy atom. The first-order valence-corrected chi connectivity index (χ1v) is 8.53. The molecule has 0 unspecified atom stereocenters. The second-order valence-corrected chi connectivity index (χ2v) is 7.46. The van der Waals surface area contributed by atoms with Crippen molar-refractivity contribution in [2.45, 2.75) is 4.90 Å². The number of nitrogens with one attached hydrogen (secondary N) is 1. The molecule has 0 radical (unpaired) electrons. The van der Waals surface area contributed by atoms with E-state index in [9.17, 15) is 12.8 Å². The summed E-state index contributed by atoms with van der Waals surface area (Å²) in [6.45, 7) is 0. The van der Waals surface area contributed by atoms with Crippen LogP contribution < -0.4 is 4.72 Å². The van der Waals surface area contributed by atoms with E-state index in [4.69, 9.17) is 11.6 Å². The molecule has 0 aliphatic carbocycles. The third kappa shape index (κ3) is 3.49. The van der Waals surface area contributed by atoms with Crippen LogP contribution in [0, 0.1) is 5.82 Å². The zero-order chi connectivity index (χ0) is 14.9. The highest BCUT2D eigenvalue weighted by Crippen LogP contribution is 2.26.